The van der Waals surface area contributed by atoms with Crippen molar-refractivity contribution >= 4 is 0 Å². The molecule has 2 N–H and O–H groups in total. The summed E-state index contributed by atoms with van der Waals surface area (Å²) in [6.45, 7) is 0.987. The van der Waals surface area contributed by atoms with Crippen LogP contribution in [0.25, 0.3) is 0 Å². The van der Waals surface area contributed by atoms with Crippen LogP contribution in [0.5, 0.6) is 11.5 Å². The highest BCUT2D eigenvalue weighted by Gasteiger charge is 2.36. The van der Waals surface area contributed by atoms with Crippen molar-refractivity contribution in [1.29, 1.82) is 0 Å². The molecule has 0 fully saturated rings. The van der Waals surface area contributed by atoms with E-state index in [2.05, 4.69) is 36.2 Å². The zero-order valence-electron chi connectivity index (χ0n) is 12.8. The van der Waals surface area contributed by atoms with Crippen molar-refractivity contribution < 1.29 is 10.2 Å². The number of rotatable bonds is 0. The Labute approximate surface area is 130 Å². The van der Waals surface area contributed by atoms with Gasteiger partial charge in [0.25, 0.3) is 0 Å². The highest BCUT2D eigenvalue weighted by Crippen LogP contribution is 2.44. The van der Waals surface area contributed by atoms with E-state index in [4.69, 9.17) is 0 Å². The van der Waals surface area contributed by atoms with E-state index < -0.39 is 0 Å². The fraction of sp³-hybridized carbons (Fsp3) is 0.368. The van der Waals surface area contributed by atoms with Crippen LogP contribution in [0, 0.1) is 0 Å². The molecule has 1 heterocycles. The number of aryl methyl sites for hydroxylation is 1. The van der Waals surface area contributed by atoms with Gasteiger partial charge in [0.15, 0.2) is 11.5 Å². The predicted octanol–water partition coefficient (Wildman–Crippen LogP) is 3.03. The topological polar surface area (TPSA) is 43.7 Å². The van der Waals surface area contributed by atoms with E-state index in [1.54, 1.807) is 12.1 Å². The van der Waals surface area contributed by atoms with Crippen molar-refractivity contribution in [3.63, 3.8) is 0 Å². The van der Waals surface area contributed by atoms with Crippen LogP contribution in [0.4, 0.5) is 0 Å². The molecule has 2 atom stereocenters. The van der Waals surface area contributed by atoms with Crippen LogP contribution in [-0.4, -0.2) is 34.7 Å². The summed E-state index contributed by atoms with van der Waals surface area (Å²) in [7, 11) is 2.19. The van der Waals surface area contributed by atoms with Gasteiger partial charge in [-0.25, -0.2) is 0 Å². The van der Waals surface area contributed by atoms with E-state index in [1.165, 1.54) is 16.7 Å². The van der Waals surface area contributed by atoms with E-state index in [0.717, 1.165) is 31.4 Å². The van der Waals surface area contributed by atoms with Gasteiger partial charge in [-0.2, -0.15) is 0 Å². The summed E-state index contributed by atoms with van der Waals surface area (Å²) >= 11 is 0. The Morgan fingerprint density at radius 2 is 1.73 bits per heavy atom. The molecule has 1 aliphatic carbocycles. The molecule has 2 aromatic carbocycles. The largest absolute Gasteiger partial charge is 0.504 e. The minimum Gasteiger partial charge on any atom is -0.504 e. The van der Waals surface area contributed by atoms with Crippen molar-refractivity contribution in [2.75, 3.05) is 13.6 Å². The van der Waals surface area contributed by atoms with E-state index in [9.17, 15) is 10.2 Å². The van der Waals surface area contributed by atoms with Crippen LogP contribution in [0.1, 0.15) is 34.6 Å². The molecular weight excluding hydrogens is 274 g/mol. The molecule has 0 radical (unpaired) electrons. The number of likely N-dealkylation sites (N-methyl/N-ethyl adjacent to an activating group) is 1. The molecule has 0 saturated carbocycles. The van der Waals surface area contributed by atoms with Crippen LogP contribution >= 0.6 is 0 Å². The van der Waals surface area contributed by atoms with Gasteiger partial charge in [0, 0.05) is 18.5 Å². The van der Waals surface area contributed by atoms with Crippen LogP contribution in [0.2, 0.25) is 0 Å². The number of benzene rings is 2. The van der Waals surface area contributed by atoms with Gasteiger partial charge in [0.2, 0.25) is 0 Å². The lowest BCUT2D eigenvalue weighted by molar-refractivity contribution is 0.214. The molecule has 2 aliphatic rings. The molecule has 114 valence electrons. The molecule has 0 amide bonds. The summed E-state index contributed by atoms with van der Waals surface area (Å²) in [5.41, 5.74) is 5.12. The number of phenolic OH excluding ortho intramolecular Hbond substituents is 2. The molecule has 3 nitrogen and oxygen atoms in total. The van der Waals surface area contributed by atoms with Crippen molar-refractivity contribution in [2.45, 2.75) is 31.2 Å². The number of nitrogens with zero attached hydrogens (tertiary/aromatic N) is 1. The van der Waals surface area contributed by atoms with E-state index in [-0.39, 0.29) is 17.4 Å². The van der Waals surface area contributed by atoms with Crippen LogP contribution in [0.15, 0.2) is 36.4 Å². The first-order chi connectivity index (χ1) is 10.6. The Balaban J connectivity index is 1.94. The van der Waals surface area contributed by atoms with Crippen molar-refractivity contribution in [3.8, 4) is 11.5 Å². The molecule has 3 heteroatoms. The lowest BCUT2D eigenvalue weighted by Gasteiger charge is -2.38. The molecule has 1 aliphatic heterocycles. The fourth-order valence-corrected chi connectivity index (χ4v) is 4.20. The lowest BCUT2D eigenvalue weighted by atomic mass is 9.74. The summed E-state index contributed by atoms with van der Waals surface area (Å²) in [5, 5.41) is 19.9. The zero-order valence-corrected chi connectivity index (χ0v) is 12.8. The standard InChI is InChI=1S/C19H21NO2/c1-20-9-8-13-10-17(21)18(22)11-15(13)19-14-5-3-2-4-12(14)6-7-16(19)20/h2-5,10-11,16,19,21-22H,6-9H2,1H3/t16-,19-/m0/s1. The Bertz CT molecular complexity index is 725. The van der Waals surface area contributed by atoms with Crippen LogP contribution in [0.3, 0.4) is 0 Å². The van der Waals surface area contributed by atoms with E-state index in [1.807, 2.05) is 0 Å². The normalized spacial score (nSPS) is 24.0. The third-order valence-electron chi connectivity index (χ3n) is 5.36. The Kier molecular flexibility index (Phi) is 3.12. The van der Waals surface area contributed by atoms with Gasteiger partial charge in [-0.1, -0.05) is 24.3 Å². The average molecular weight is 295 g/mol. The summed E-state index contributed by atoms with van der Waals surface area (Å²) in [6.07, 6.45) is 3.16. The lowest BCUT2D eigenvalue weighted by Crippen LogP contribution is -2.39. The summed E-state index contributed by atoms with van der Waals surface area (Å²) in [5.74, 6) is 0.257. The molecule has 2 aromatic rings. The predicted molar refractivity (Wildman–Crippen MR) is 86.5 cm³/mol. The molecule has 22 heavy (non-hydrogen) atoms. The van der Waals surface area contributed by atoms with Gasteiger partial charge in [-0.15, -0.1) is 0 Å². The molecular formula is C19H21NO2. The maximum atomic E-state index is 10.0. The van der Waals surface area contributed by atoms with Crippen molar-refractivity contribution in [3.05, 3.63) is 58.7 Å². The second-order valence-electron chi connectivity index (χ2n) is 6.55. The minimum atomic E-state index is -0.0102. The van der Waals surface area contributed by atoms with Crippen molar-refractivity contribution in [1.82, 2.24) is 4.90 Å². The Morgan fingerprint density at radius 3 is 2.59 bits per heavy atom. The summed E-state index contributed by atoms with van der Waals surface area (Å²) < 4.78 is 0. The molecule has 0 spiro atoms. The Morgan fingerprint density at radius 1 is 0.955 bits per heavy atom. The van der Waals surface area contributed by atoms with Crippen LogP contribution < -0.4 is 0 Å². The minimum absolute atomic E-state index is 0.00916. The van der Waals surface area contributed by atoms with Gasteiger partial charge >= 0.3 is 0 Å². The monoisotopic (exact) mass is 295 g/mol. The van der Waals surface area contributed by atoms with Gasteiger partial charge in [-0.3, -0.25) is 0 Å². The smallest absolute Gasteiger partial charge is 0.157 e. The third-order valence-corrected chi connectivity index (χ3v) is 5.36. The van der Waals surface area contributed by atoms with E-state index in [0.29, 0.717) is 6.04 Å². The number of hydrogen-bond acceptors (Lipinski definition) is 3. The molecule has 0 unspecified atom stereocenters. The van der Waals surface area contributed by atoms with Gasteiger partial charge in [0.1, 0.15) is 0 Å². The highest BCUT2D eigenvalue weighted by atomic mass is 16.3. The molecule has 0 aromatic heterocycles. The quantitative estimate of drug-likeness (QED) is 0.734. The van der Waals surface area contributed by atoms with E-state index >= 15 is 0 Å². The summed E-state index contributed by atoms with van der Waals surface area (Å²) in [6, 6.07) is 12.6. The number of hydrogen-bond donors (Lipinski definition) is 2. The highest BCUT2D eigenvalue weighted by molar-refractivity contribution is 5.52. The first-order valence-corrected chi connectivity index (χ1v) is 7.98. The summed E-state index contributed by atoms with van der Waals surface area (Å²) in [4.78, 5) is 2.44. The van der Waals surface area contributed by atoms with Crippen LogP contribution in [-0.2, 0) is 12.8 Å². The maximum absolute atomic E-state index is 10.0. The number of phenols is 2. The molecule has 0 bridgehead atoms. The van der Waals surface area contributed by atoms with Gasteiger partial charge < -0.3 is 15.1 Å². The maximum Gasteiger partial charge on any atom is 0.157 e. The number of fused-ring (bicyclic) bond motifs is 5. The second kappa shape index (κ2) is 5.03. The SMILES string of the molecule is CN1CCc2cc(O)c(O)cc2[C@@H]2c3ccccc3CC[C@@H]21. The number of aromatic hydroxyl groups is 2. The zero-order chi connectivity index (χ0) is 15.3. The second-order valence-corrected chi connectivity index (χ2v) is 6.55. The first-order valence-electron chi connectivity index (χ1n) is 7.98. The fourth-order valence-electron chi connectivity index (χ4n) is 4.20. The molecule has 4 rings (SSSR count). The molecule has 0 saturated heterocycles. The van der Waals surface area contributed by atoms with Gasteiger partial charge in [-0.05, 0) is 60.7 Å². The Hall–Kier alpha value is -2.00. The first kappa shape index (κ1) is 13.6. The average Bonchev–Trinajstić information content (AvgIpc) is 2.66. The van der Waals surface area contributed by atoms with Gasteiger partial charge in [0.05, 0.1) is 0 Å². The third kappa shape index (κ3) is 2.00. The van der Waals surface area contributed by atoms with Crippen molar-refractivity contribution in [2.24, 2.45) is 0 Å².